The van der Waals surface area contributed by atoms with Crippen LogP contribution in [0.4, 0.5) is 5.69 Å². The SMILES string of the molecule is O=S(=O)(C1CCCC1)N1CCC(O)c2ccccc21. The molecule has 0 spiro atoms. The highest BCUT2D eigenvalue weighted by atomic mass is 32.2. The van der Waals surface area contributed by atoms with E-state index >= 15 is 0 Å². The molecular weight excluding hydrogens is 262 g/mol. The third-order valence-electron chi connectivity index (χ3n) is 4.20. The first-order valence-electron chi connectivity index (χ1n) is 6.89. The van der Waals surface area contributed by atoms with Crippen LogP contribution < -0.4 is 4.31 Å². The molecular formula is C14H19NO3S. The lowest BCUT2D eigenvalue weighted by atomic mass is 10.0. The second-order valence-electron chi connectivity index (χ2n) is 5.39. The largest absolute Gasteiger partial charge is 0.388 e. The average Bonchev–Trinajstić information content (AvgIpc) is 2.94. The molecule has 1 fully saturated rings. The van der Waals surface area contributed by atoms with Crippen LogP contribution in [0, 0.1) is 0 Å². The molecule has 1 atom stereocenters. The number of nitrogens with zero attached hydrogens (tertiary/aromatic N) is 1. The molecule has 4 nitrogen and oxygen atoms in total. The van der Waals surface area contributed by atoms with E-state index in [9.17, 15) is 13.5 Å². The van der Waals surface area contributed by atoms with Crippen molar-refractivity contribution in [2.45, 2.75) is 43.5 Å². The van der Waals surface area contributed by atoms with Gasteiger partial charge in [0.05, 0.1) is 17.0 Å². The summed E-state index contributed by atoms with van der Waals surface area (Å²) in [5.74, 6) is 0. The van der Waals surface area contributed by atoms with Crippen molar-refractivity contribution in [2.75, 3.05) is 10.8 Å². The fraction of sp³-hybridized carbons (Fsp3) is 0.571. The molecule has 3 rings (SSSR count). The number of rotatable bonds is 2. The van der Waals surface area contributed by atoms with E-state index in [-0.39, 0.29) is 5.25 Å². The number of aliphatic hydroxyl groups excluding tert-OH is 1. The number of benzene rings is 1. The molecule has 0 radical (unpaired) electrons. The molecule has 1 aromatic carbocycles. The summed E-state index contributed by atoms with van der Waals surface area (Å²) in [4.78, 5) is 0. The fourth-order valence-electron chi connectivity index (χ4n) is 3.14. The highest BCUT2D eigenvalue weighted by Gasteiger charge is 2.37. The molecule has 0 aromatic heterocycles. The summed E-state index contributed by atoms with van der Waals surface area (Å²) in [5.41, 5.74) is 1.39. The van der Waals surface area contributed by atoms with Crippen molar-refractivity contribution >= 4 is 15.7 Å². The summed E-state index contributed by atoms with van der Waals surface area (Å²) < 4.78 is 26.9. The summed E-state index contributed by atoms with van der Waals surface area (Å²) >= 11 is 0. The van der Waals surface area contributed by atoms with Crippen LogP contribution in [0.2, 0.25) is 0 Å². The summed E-state index contributed by atoms with van der Waals surface area (Å²) in [6.07, 6.45) is 3.46. The van der Waals surface area contributed by atoms with Crippen LogP contribution in [-0.4, -0.2) is 25.3 Å². The van der Waals surface area contributed by atoms with Crippen molar-refractivity contribution < 1.29 is 13.5 Å². The van der Waals surface area contributed by atoms with E-state index < -0.39 is 16.1 Å². The first kappa shape index (κ1) is 12.9. The number of para-hydroxylation sites is 1. The Morgan fingerprint density at radius 3 is 2.53 bits per heavy atom. The lowest BCUT2D eigenvalue weighted by Crippen LogP contribution is -2.41. The first-order valence-corrected chi connectivity index (χ1v) is 8.39. The summed E-state index contributed by atoms with van der Waals surface area (Å²) in [6, 6.07) is 7.28. The van der Waals surface area contributed by atoms with Crippen LogP contribution in [0.25, 0.3) is 0 Å². The van der Waals surface area contributed by atoms with Crippen molar-refractivity contribution in [3.8, 4) is 0 Å². The Morgan fingerprint density at radius 2 is 1.79 bits per heavy atom. The van der Waals surface area contributed by atoms with Crippen LogP contribution >= 0.6 is 0 Å². The first-order chi connectivity index (χ1) is 9.10. The Morgan fingerprint density at radius 1 is 1.11 bits per heavy atom. The number of hydrogen-bond acceptors (Lipinski definition) is 3. The van der Waals surface area contributed by atoms with Gasteiger partial charge in [-0.05, 0) is 25.3 Å². The molecule has 19 heavy (non-hydrogen) atoms. The second kappa shape index (κ2) is 4.80. The van der Waals surface area contributed by atoms with Gasteiger partial charge in [-0.15, -0.1) is 0 Å². The number of hydrogen-bond donors (Lipinski definition) is 1. The smallest absolute Gasteiger partial charge is 0.238 e. The second-order valence-corrected chi connectivity index (χ2v) is 7.52. The van der Waals surface area contributed by atoms with Crippen molar-refractivity contribution in [1.82, 2.24) is 0 Å². The number of fused-ring (bicyclic) bond motifs is 1. The van der Waals surface area contributed by atoms with Gasteiger partial charge in [-0.25, -0.2) is 8.42 Å². The standard InChI is InChI=1S/C14H19NO3S/c16-14-9-10-15(13-8-4-3-7-12(13)14)19(17,18)11-5-1-2-6-11/h3-4,7-8,11,14,16H,1-2,5-6,9-10H2. The minimum Gasteiger partial charge on any atom is -0.388 e. The lowest BCUT2D eigenvalue weighted by Gasteiger charge is -2.34. The van der Waals surface area contributed by atoms with Crippen molar-refractivity contribution in [2.24, 2.45) is 0 Å². The van der Waals surface area contributed by atoms with Gasteiger partial charge in [0.2, 0.25) is 10.0 Å². The Labute approximate surface area is 114 Å². The van der Waals surface area contributed by atoms with E-state index in [0.717, 1.165) is 31.2 Å². The van der Waals surface area contributed by atoms with E-state index in [4.69, 9.17) is 0 Å². The van der Waals surface area contributed by atoms with Gasteiger partial charge in [-0.1, -0.05) is 31.0 Å². The number of anilines is 1. The van der Waals surface area contributed by atoms with Gasteiger partial charge in [0.1, 0.15) is 0 Å². The Kier molecular flexibility index (Phi) is 3.27. The van der Waals surface area contributed by atoms with Crippen molar-refractivity contribution in [1.29, 1.82) is 0 Å². The monoisotopic (exact) mass is 281 g/mol. The molecule has 1 heterocycles. The summed E-state index contributed by atoms with van der Waals surface area (Å²) in [7, 11) is -3.28. The van der Waals surface area contributed by atoms with Gasteiger partial charge in [-0.2, -0.15) is 0 Å². The topological polar surface area (TPSA) is 57.6 Å². The van der Waals surface area contributed by atoms with Gasteiger partial charge < -0.3 is 5.11 Å². The Bertz CT molecular complexity index is 564. The van der Waals surface area contributed by atoms with Crippen LogP contribution in [0.15, 0.2) is 24.3 Å². The maximum absolute atomic E-state index is 12.7. The highest BCUT2D eigenvalue weighted by Crippen LogP contribution is 2.38. The maximum Gasteiger partial charge on any atom is 0.238 e. The highest BCUT2D eigenvalue weighted by molar-refractivity contribution is 7.93. The van der Waals surface area contributed by atoms with Crippen LogP contribution in [0.1, 0.15) is 43.8 Å². The normalized spacial score (nSPS) is 24.5. The zero-order chi connectivity index (χ0) is 13.5. The number of aliphatic hydroxyl groups is 1. The zero-order valence-electron chi connectivity index (χ0n) is 10.8. The molecule has 1 aliphatic carbocycles. The molecule has 1 N–H and O–H groups in total. The van der Waals surface area contributed by atoms with Crippen molar-refractivity contribution in [3.05, 3.63) is 29.8 Å². The van der Waals surface area contributed by atoms with Crippen LogP contribution in [0.5, 0.6) is 0 Å². The molecule has 0 saturated heterocycles. The van der Waals surface area contributed by atoms with Gasteiger partial charge >= 0.3 is 0 Å². The number of sulfonamides is 1. The quantitative estimate of drug-likeness (QED) is 0.904. The van der Waals surface area contributed by atoms with Gasteiger partial charge in [0.25, 0.3) is 0 Å². The van der Waals surface area contributed by atoms with E-state index in [0.29, 0.717) is 18.7 Å². The third kappa shape index (κ3) is 2.15. The minimum atomic E-state index is -3.28. The van der Waals surface area contributed by atoms with E-state index in [2.05, 4.69) is 0 Å². The molecule has 1 unspecified atom stereocenters. The Hall–Kier alpha value is -1.07. The van der Waals surface area contributed by atoms with E-state index in [1.165, 1.54) is 4.31 Å². The lowest BCUT2D eigenvalue weighted by molar-refractivity contribution is 0.166. The molecule has 0 bridgehead atoms. The van der Waals surface area contributed by atoms with Gasteiger partial charge in [0.15, 0.2) is 0 Å². The molecule has 1 aromatic rings. The molecule has 1 aliphatic heterocycles. The maximum atomic E-state index is 12.7. The van der Waals surface area contributed by atoms with Crippen molar-refractivity contribution in [3.63, 3.8) is 0 Å². The minimum absolute atomic E-state index is 0.240. The predicted octanol–water partition coefficient (Wildman–Crippen LogP) is 2.20. The van der Waals surface area contributed by atoms with Gasteiger partial charge in [0, 0.05) is 12.1 Å². The molecule has 104 valence electrons. The summed E-state index contributed by atoms with van der Waals surface area (Å²) in [6.45, 7) is 0.386. The summed E-state index contributed by atoms with van der Waals surface area (Å²) in [5, 5.41) is 9.75. The molecule has 2 aliphatic rings. The van der Waals surface area contributed by atoms with Crippen LogP contribution in [-0.2, 0) is 10.0 Å². The molecule has 0 amide bonds. The zero-order valence-corrected chi connectivity index (χ0v) is 11.6. The van der Waals surface area contributed by atoms with Crippen LogP contribution in [0.3, 0.4) is 0 Å². The van der Waals surface area contributed by atoms with E-state index in [1.807, 2.05) is 18.2 Å². The predicted molar refractivity (Wildman–Crippen MR) is 74.5 cm³/mol. The molecule has 1 saturated carbocycles. The van der Waals surface area contributed by atoms with E-state index in [1.54, 1.807) is 6.07 Å². The third-order valence-corrected chi connectivity index (χ3v) is 6.51. The fourth-order valence-corrected chi connectivity index (χ4v) is 5.23. The molecule has 5 heteroatoms. The Balaban J connectivity index is 2.00. The van der Waals surface area contributed by atoms with Gasteiger partial charge in [-0.3, -0.25) is 4.31 Å². The average molecular weight is 281 g/mol.